The topological polar surface area (TPSA) is 72.8 Å². The fourth-order valence-corrected chi connectivity index (χ4v) is 2.52. The van der Waals surface area contributed by atoms with Crippen LogP contribution in [-0.2, 0) is 16.0 Å². The van der Waals surface area contributed by atoms with Gasteiger partial charge in [0.1, 0.15) is 17.1 Å². The average molecular weight is 304 g/mol. The Balaban J connectivity index is 2.22. The van der Waals surface area contributed by atoms with Crippen LogP contribution < -0.4 is 4.65 Å². The maximum absolute atomic E-state index is 11.9. The maximum atomic E-state index is 11.9. The smallest absolute Gasteiger partial charge is 0.526 e. The Bertz CT molecular complexity index is 570. The van der Waals surface area contributed by atoms with Gasteiger partial charge in [-0.2, -0.15) is 0 Å². The molecule has 0 aliphatic carbocycles. The van der Waals surface area contributed by atoms with Crippen molar-refractivity contribution in [2.45, 2.75) is 39.4 Å². The molecule has 2 rings (SSSR count). The molecule has 1 atom stereocenters. The molecule has 6 heteroatoms. The van der Waals surface area contributed by atoms with Gasteiger partial charge in [0.05, 0.1) is 6.61 Å². The zero-order valence-electron chi connectivity index (χ0n) is 13.2. The first kappa shape index (κ1) is 16.6. The van der Waals surface area contributed by atoms with Crippen molar-refractivity contribution in [2.24, 2.45) is 5.92 Å². The van der Waals surface area contributed by atoms with Gasteiger partial charge >= 0.3 is 13.1 Å². The maximum Gasteiger partial charge on any atom is 0.526 e. The molecule has 0 unspecified atom stereocenters. The second-order valence-corrected chi connectivity index (χ2v) is 5.81. The van der Waals surface area contributed by atoms with Crippen molar-refractivity contribution in [3.63, 3.8) is 0 Å². The minimum atomic E-state index is -1.09. The van der Waals surface area contributed by atoms with Crippen molar-refractivity contribution in [3.05, 3.63) is 29.3 Å². The minimum absolute atomic E-state index is 0.0699. The molecule has 1 aliphatic heterocycles. The average Bonchev–Trinajstić information content (AvgIpc) is 2.47. The van der Waals surface area contributed by atoms with Crippen LogP contribution >= 0.6 is 0 Å². The van der Waals surface area contributed by atoms with Crippen LogP contribution in [0.3, 0.4) is 0 Å². The molecular weight excluding hydrogens is 283 g/mol. The molecule has 0 saturated heterocycles. The highest BCUT2D eigenvalue weighted by atomic mass is 16.5. The summed E-state index contributed by atoms with van der Waals surface area (Å²) in [6.07, 6.45) is 0.768. The Kier molecular flexibility index (Phi) is 5.24. The summed E-state index contributed by atoms with van der Waals surface area (Å²) < 4.78 is 10.5. The van der Waals surface area contributed by atoms with Crippen LogP contribution in [0.2, 0.25) is 5.82 Å². The third-order valence-corrected chi connectivity index (χ3v) is 3.82. The van der Waals surface area contributed by atoms with Crippen molar-refractivity contribution >= 4 is 18.9 Å². The van der Waals surface area contributed by atoms with E-state index in [1.807, 2.05) is 19.9 Å². The van der Waals surface area contributed by atoms with Gasteiger partial charge in [0.15, 0.2) is 0 Å². The highest BCUT2D eigenvalue weighted by Crippen LogP contribution is 2.36. The SMILES string of the molecule is CCOC(=O)c1cccc2c1OB(O)[C@@H](CC(=O)C(C)C)C2. The van der Waals surface area contributed by atoms with Gasteiger partial charge in [-0.25, -0.2) is 4.79 Å². The fourth-order valence-electron chi connectivity index (χ4n) is 2.52. The van der Waals surface area contributed by atoms with Crippen LogP contribution in [0.15, 0.2) is 18.2 Å². The highest BCUT2D eigenvalue weighted by molar-refractivity contribution is 6.47. The number of ether oxygens (including phenoxy) is 1. The zero-order chi connectivity index (χ0) is 16.3. The molecule has 0 spiro atoms. The number of fused-ring (bicyclic) bond motifs is 1. The lowest BCUT2D eigenvalue weighted by molar-refractivity contribution is -0.122. The third-order valence-electron chi connectivity index (χ3n) is 3.82. The lowest BCUT2D eigenvalue weighted by Gasteiger charge is -2.28. The van der Waals surface area contributed by atoms with Crippen LogP contribution in [0.25, 0.3) is 0 Å². The Morgan fingerprint density at radius 3 is 2.82 bits per heavy atom. The number of hydrogen-bond donors (Lipinski definition) is 1. The quantitative estimate of drug-likeness (QED) is 0.667. The second-order valence-electron chi connectivity index (χ2n) is 5.81. The molecule has 1 aromatic carbocycles. The van der Waals surface area contributed by atoms with Gasteiger partial charge in [-0.3, -0.25) is 4.79 Å². The largest absolute Gasteiger partial charge is 0.535 e. The number of rotatable bonds is 5. The van der Waals surface area contributed by atoms with E-state index < -0.39 is 13.1 Å². The van der Waals surface area contributed by atoms with Gasteiger partial charge in [-0.1, -0.05) is 26.0 Å². The molecular formula is C16H21BO5. The number of para-hydroxylation sites is 1. The Labute approximate surface area is 130 Å². The molecule has 118 valence electrons. The normalized spacial score (nSPS) is 17.0. The molecule has 5 nitrogen and oxygen atoms in total. The van der Waals surface area contributed by atoms with E-state index >= 15 is 0 Å². The van der Waals surface area contributed by atoms with Crippen molar-refractivity contribution in [2.75, 3.05) is 6.61 Å². The summed E-state index contributed by atoms with van der Waals surface area (Å²) in [6, 6.07) is 5.22. The molecule has 0 aromatic heterocycles. The van der Waals surface area contributed by atoms with E-state index in [2.05, 4.69) is 0 Å². The van der Waals surface area contributed by atoms with E-state index in [1.54, 1.807) is 19.1 Å². The molecule has 1 aromatic rings. The Hall–Kier alpha value is -1.82. The first-order valence-electron chi connectivity index (χ1n) is 7.60. The predicted octanol–water partition coefficient (Wildman–Crippen LogP) is 2.26. The lowest BCUT2D eigenvalue weighted by atomic mass is 9.64. The van der Waals surface area contributed by atoms with E-state index in [9.17, 15) is 14.6 Å². The van der Waals surface area contributed by atoms with E-state index in [0.717, 1.165) is 5.56 Å². The summed E-state index contributed by atoms with van der Waals surface area (Å²) in [7, 11) is -1.09. The van der Waals surface area contributed by atoms with Crippen LogP contribution in [0.4, 0.5) is 0 Å². The second kappa shape index (κ2) is 6.96. The zero-order valence-corrected chi connectivity index (χ0v) is 13.2. The van der Waals surface area contributed by atoms with E-state index in [4.69, 9.17) is 9.39 Å². The number of esters is 1. The molecule has 0 fully saturated rings. The first-order valence-corrected chi connectivity index (χ1v) is 7.60. The Morgan fingerprint density at radius 1 is 1.45 bits per heavy atom. The number of hydrogen-bond acceptors (Lipinski definition) is 5. The summed E-state index contributed by atoms with van der Waals surface area (Å²) in [6.45, 7) is 5.68. The van der Waals surface area contributed by atoms with Crippen LogP contribution in [0.1, 0.15) is 43.1 Å². The lowest BCUT2D eigenvalue weighted by Crippen LogP contribution is -2.36. The van der Waals surface area contributed by atoms with Crippen LogP contribution in [-0.4, -0.2) is 30.5 Å². The molecule has 0 bridgehead atoms. The van der Waals surface area contributed by atoms with Gasteiger partial charge < -0.3 is 14.4 Å². The summed E-state index contributed by atoms with van der Waals surface area (Å²) in [4.78, 5) is 23.8. The van der Waals surface area contributed by atoms with Crippen LogP contribution in [0, 0.1) is 5.92 Å². The van der Waals surface area contributed by atoms with Gasteiger partial charge in [-0.05, 0) is 25.0 Å². The van der Waals surface area contributed by atoms with Gasteiger partial charge in [0, 0.05) is 18.2 Å². The number of carbonyl (C=O) groups excluding carboxylic acids is 2. The summed E-state index contributed by atoms with van der Waals surface area (Å²) in [5.41, 5.74) is 1.13. The first-order chi connectivity index (χ1) is 10.4. The van der Waals surface area contributed by atoms with E-state index in [1.165, 1.54) is 0 Å². The third kappa shape index (κ3) is 3.50. The number of ketones is 1. The van der Waals surface area contributed by atoms with Gasteiger partial charge in [0.25, 0.3) is 0 Å². The molecule has 0 amide bonds. The van der Waals surface area contributed by atoms with Gasteiger partial charge in [-0.15, -0.1) is 0 Å². The number of benzene rings is 1. The van der Waals surface area contributed by atoms with E-state index in [0.29, 0.717) is 17.7 Å². The number of carbonyl (C=O) groups is 2. The summed E-state index contributed by atoms with van der Waals surface area (Å²) in [5, 5.41) is 10.2. The van der Waals surface area contributed by atoms with E-state index in [-0.39, 0.29) is 30.5 Å². The van der Waals surface area contributed by atoms with Crippen molar-refractivity contribution in [1.29, 1.82) is 0 Å². The molecule has 0 saturated carbocycles. The summed E-state index contributed by atoms with van der Waals surface area (Å²) >= 11 is 0. The van der Waals surface area contributed by atoms with Crippen LogP contribution in [0.5, 0.6) is 5.75 Å². The fraction of sp³-hybridized carbons (Fsp3) is 0.500. The predicted molar refractivity (Wildman–Crippen MR) is 82.9 cm³/mol. The van der Waals surface area contributed by atoms with Crippen molar-refractivity contribution < 1.29 is 24.0 Å². The molecule has 0 radical (unpaired) electrons. The number of Topliss-reactive ketones (excluding diaryl/α,β-unsaturated/α-hetero) is 1. The highest BCUT2D eigenvalue weighted by Gasteiger charge is 2.38. The minimum Gasteiger partial charge on any atom is -0.535 e. The molecule has 1 aliphatic rings. The molecule has 1 heterocycles. The van der Waals surface area contributed by atoms with Crippen molar-refractivity contribution in [3.8, 4) is 5.75 Å². The Morgan fingerprint density at radius 2 is 2.18 bits per heavy atom. The van der Waals surface area contributed by atoms with Crippen molar-refractivity contribution in [1.82, 2.24) is 0 Å². The summed E-state index contributed by atoms with van der Waals surface area (Å²) in [5.74, 6) is -0.373. The molecule has 22 heavy (non-hydrogen) atoms. The standard InChI is InChI=1S/C16H21BO5/c1-4-21-16(19)13-7-5-6-11-8-12(9-14(18)10(2)3)17(20)22-15(11)13/h5-7,10,12,20H,4,8-9H2,1-3H3/t12-/m1/s1. The molecule has 1 N–H and O–H groups in total. The van der Waals surface area contributed by atoms with Gasteiger partial charge in [0.2, 0.25) is 0 Å². The monoisotopic (exact) mass is 304 g/mol.